The van der Waals surface area contributed by atoms with Gasteiger partial charge in [0.1, 0.15) is 31.5 Å². The van der Waals surface area contributed by atoms with Crippen molar-refractivity contribution in [2.24, 2.45) is 10.8 Å². The molecule has 3 aliphatic rings. The number of hydrogen-bond donors (Lipinski definition) is 1. The largest absolute Gasteiger partial charge is 0.461 e. The lowest BCUT2D eigenvalue weighted by atomic mass is 9.83. The van der Waals surface area contributed by atoms with Gasteiger partial charge in [0, 0.05) is 5.57 Å². The fraction of sp³-hybridized carbons (Fsp3) is 0.826. The molecule has 3 fully saturated rings. The molecular weight excluding hydrogens is 420 g/mol. The molecule has 3 heterocycles. The molecule has 3 aliphatic heterocycles. The number of rotatable bonds is 6. The van der Waals surface area contributed by atoms with Crippen LogP contribution in [0.2, 0.25) is 0 Å². The highest BCUT2D eigenvalue weighted by molar-refractivity contribution is 5.76. The van der Waals surface area contributed by atoms with Crippen LogP contribution in [0.3, 0.4) is 0 Å². The highest BCUT2D eigenvalue weighted by Gasteiger charge is 2.73. The third-order valence-corrected chi connectivity index (χ3v) is 5.65. The Kier molecular flexibility index (Phi) is 6.56. The first-order valence-electron chi connectivity index (χ1n) is 11.0. The van der Waals surface area contributed by atoms with Crippen molar-refractivity contribution in [1.82, 2.24) is 0 Å². The van der Waals surface area contributed by atoms with Crippen LogP contribution >= 0.6 is 0 Å². The zero-order chi connectivity index (χ0) is 24.1. The fourth-order valence-corrected chi connectivity index (χ4v) is 4.01. The van der Waals surface area contributed by atoms with Crippen LogP contribution in [0.15, 0.2) is 11.6 Å². The topological polar surface area (TPSA) is 110 Å². The Morgan fingerprint density at radius 1 is 1.00 bits per heavy atom. The summed E-state index contributed by atoms with van der Waals surface area (Å²) in [5.41, 5.74) is -2.03. The van der Waals surface area contributed by atoms with E-state index < -0.39 is 46.8 Å². The number of hydrogen-bond acceptors (Lipinski definition) is 9. The van der Waals surface area contributed by atoms with Gasteiger partial charge in [-0.1, -0.05) is 0 Å². The lowest BCUT2D eigenvalue weighted by Gasteiger charge is -2.38. The second-order valence-corrected chi connectivity index (χ2v) is 11.0. The minimum absolute atomic E-state index is 0.0441. The number of aliphatic hydroxyl groups excluding tert-OH is 1. The molecule has 32 heavy (non-hydrogen) atoms. The first-order chi connectivity index (χ1) is 14.6. The molecule has 182 valence electrons. The maximum atomic E-state index is 12.5. The smallest absolute Gasteiger partial charge is 0.311 e. The van der Waals surface area contributed by atoms with Crippen molar-refractivity contribution in [3.63, 3.8) is 0 Å². The maximum Gasteiger partial charge on any atom is 0.311 e. The number of carbonyl (C=O) groups is 2. The predicted octanol–water partition coefficient (Wildman–Crippen LogP) is 2.10. The predicted molar refractivity (Wildman–Crippen MR) is 112 cm³/mol. The second-order valence-electron chi connectivity index (χ2n) is 11.0. The van der Waals surface area contributed by atoms with Crippen LogP contribution in [0.4, 0.5) is 0 Å². The van der Waals surface area contributed by atoms with E-state index in [0.717, 1.165) is 0 Å². The minimum Gasteiger partial charge on any atom is -0.461 e. The molecule has 0 amide bonds. The maximum absolute atomic E-state index is 12.5. The Bertz CT molecular complexity index is 771. The molecule has 0 aliphatic carbocycles. The summed E-state index contributed by atoms with van der Waals surface area (Å²) in [4.78, 5) is 24.7. The van der Waals surface area contributed by atoms with Crippen LogP contribution in [-0.2, 0) is 38.0 Å². The SMILES string of the molecule is CC1(C)O[C@H]2[C@@H]3O[C@@H](O[C@@H]3CO)[C@@]2(/C(=C/COC(=O)C(C)(C)C)COC(=O)C(C)(C)C)O1. The molecule has 0 saturated carbocycles. The lowest BCUT2D eigenvalue weighted by Crippen LogP contribution is -2.57. The van der Waals surface area contributed by atoms with Crippen molar-refractivity contribution in [3.05, 3.63) is 11.6 Å². The first kappa shape index (κ1) is 25.1. The number of ether oxygens (including phenoxy) is 6. The molecule has 0 spiro atoms. The Morgan fingerprint density at radius 3 is 2.16 bits per heavy atom. The molecule has 3 rings (SSSR count). The third-order valence-electron chi connectivity index (χ3n) is 5.65. The highest BCUT2D eigenvalue weighted by Crippen LogP contribution is 2.55. The van der Waals surface area contributed by atoms with E-state index in [4.69, 9.17) is 28.4 Å². The van der Waals surface area contributed by atoms with Gasteiger partial charge in [0.25, 0.3) is 0 Å². The fourth-order valence-electron chi connectivity index (χ4n) is 4.01. The van der Waals surface area contributed by atoms with E-state index in [0.29, 0.717) is 5.57 Å². The van der Waals surface area contributed by atoms with E-state index in [1.807, 2.05) is 0 Å². The van der Waals surface area contributed by atoms with Crippen LogP contribution in [0, 0.1) is 10.8 Å². The summed E-state index contributed by atoms with van der Waals surface area (Å²) in [5, 5.41) is 9.66. The summed E-state index contributed by atoms with van der Waals surface area (Å²) in [7, 11) is 0. The average Bonchev–Trinajstić information content (AvgIpc) is 3.28. The number of carbonyl (C=O) groups excluding carboxylic acids is 2. The van der Waals surface area contributed by atoms with Gasteiger partial charge in [-0.05, 0) is 61.5 Å². The van der Waals surface area contributed by atoms with Gasteiger partial charge in [-0.3, -0.25) is 9.59 Å². The van der Waals surface area contributed by atoms with Crippen molar-refractivity contribution < 1.29 is 43.1 Å². The van der Waals surface area contributed by atoms with Crippen LogP contribution in [0.1, 0.15) is 55.4 Å². The van der Waals surface area contributed by atoms with Gasteiger partial charge in [-0.25, -0.2) is 0 Å². The van der Waals surface area contributed by atoms with Gasteiger partial charge in [0.15, 0.2) is 17.7 Å². The van der Waals surface area contributed by atoms with E-state index in [9.17, 15) is 14.7 Å². The monoisotopic (exact) mass is 456 g/mol. The lowest BCUT2D eigenvalue weighted by molar-refractivity contribution is -0.219. The van der Waals surface area contributed by atoms with E-state index >= 15 is 0 Å². The molecule has 9 nitrogen and oxygen atoms in total. The summed E-state index contributed by atoms with van der Waals surface area (Å²) in [6, 6.07) is 0. The van der Waals surface area contributed by atoms with Crippen molar-refractivity contribution in [1.29, 1.82) is 0 Å². The summed E-state index contributed by atoms with van der Waals surface area (Å²) in [5.74, 6) is -1.72. The van der Waals surface area contributed by atoms with Gasteiger partial charge in [-0.2, -0.15) is 0 Å². The molecule has 2 bridgehead atoms. The van der Waals surface area contributed by atoms with Crippen LogP contribution in [0.5, 0.6) is 0 Å². The molecular formula is C23H36O9. The molecule has 9 heteroatoms. The Labute approximate surface area is 189 Å². The van der Waals surface area contributed by atoms with E-state index in [1.54, 1.807) is 61.5 Å². The van der Waals surface area contributed by atoms with Crippen molar-refractivity contribution in [3.8, 4) is 0 Å². The highest BCUT2D eigenvalue weighted by atomic mass is 16.8. The molecule has 0 aromatic rings. The molecule has 1 N–H and O–H groups in total. The molecule has 0 radical (unpaired) electrons. The van der Waals surface area contributed by atoms with Gasteiger partial charge in [0.05, 0.1) is 17.4 Å². The van der Waals surface area contributed by atoms with Gasteiger partial charge in [0.2, 0.25) is 0 Å². The number of aliphatic hydroxyl groups is 1. The zero-order valence-corrected chi connectivity index (χ0v) is 20.2. The molecule has 0 aromatic heterocycles. The molecule has 0 unspecified atom stereocenters. The quantitative estimate of drug-likeness (QED) is 0.474. The minimum atomic E-state index is -1.20. The molecule has 5 atom stereocenters. The number of esters is 2. The molecule has 3 saturated heterocycles. The Balaban J connectivity index is 1.91. The third kappa shape index (κ3) is 4.59. The number of fused-ring (bicyclic) bond motifs is 5. The van der Waals surface area contributed by atoms with Crippen LogP contribution in [-0.4, -0.2) is 72.9 Å². The van der Waals surface area contributed by atoms with Gasteiger partial charge < -0.3 is 33.5 Å². The van der Waals surface area contributed by atoms with Gasteiger partial charge in [-0.15, -0.1) is 0 Å². The first-order valence-corrected chi connectivity index (χ1v) is 11.0. The average molecular weight is 457 g/mol. The van der Waals surface area contributed by atoms with Crippen molar-refractivity contribution in [2.75, 3.05) is 19.8 Å². The van der Waals surface area contributed by atoms with E-state index in [2.05, 4.69) is 0 Å². The summed E-state index contributed by atoms with van der Waals surface area (Å²) in [6.45, 7) is 13.8. The van der Waals surface area contributed by atoms with Crippen LogP contribution < -0.4 is 0 Å². The van der Waals surface area contributed by atoms with Crippen LogP contribution in [0.25, 0.3) is 0 Å². The Morgan fingerprint density at radius 2 is 1.59 bits per heavy atom. The summed E-state index contributed by atoms with van der Waals surface area (Å²) in [6.07, 6.45) is -0.891. The van der Waals surface area contributed by atoms with Gasteiger partial charge >= 0.3 is 11.9 Å². The normalized spacial score (nSPS) is 33.8. The standard InChI is InChI=1S/C23H36O9/c1-20(2,3)17(25)27-10-9-13(12-28-18(26)21(4,5)6)23-16(31-22(7,8)32-23)15-14(11-24)29-19(23)30-15/h9,14-16,19,24H,10-12H2,1-8H3/b13-9+/t14-,15-,16+,19-,23+/m1/s1. The van der Waals surface area contributed by atoms with E-state index in [-0.39, 0.29) is 31.8 Å². The Hall–Kier alpha value is -1.52. The summed E-state index contributed by atoms with van der Waals surface area (Å²) < 4.78 is 35.3. The van der Waals surface area contributed by atoms with Crippen molar-refractivity contribution in [2.45, 2.75) is 91.4 Å². The zero-order valence-electron chi connectivity index (χ0n) is 20.2. The van der Waals surface area contributed by atoms with E-state index in [1.165, 1.54) is 0 Å². The van der Waals surface area contributed by atoms with Crippen molar-refractivity contribution >= 4 is 11.9 Å². The second kappa shape index (κ2) is 8.36. The summed E-state index contributed by atoms with van der Waals surface area (Å²) >= 11 is 0. The molecule has 0 aromatic carbocycles.